The second kappa shape index (κ2) is 9.84. The smallest absolute Gasteiger partial charge is 0.333 e. The summed E-state index contributed by atoms with van der Waals surface area (Å²) in [6, 6.07) is 10.2. The first-order valence-corrected chi connectivity index (χ1v) is 12.3. The predicted octanol–water partition coefficient (Wildman–Crippen LogP) is 1.33. The van der Waals surface area contributed by atoms with Crippen LogP contribution >= 0.6 is 0 Å². The number of ketones is 1. The lowest BCUT2D eigenvalue weighted by molar-refractivity contribution is 0.100. The predicted molar refractivity (Wildman–Crippen MR) is 124 cm³/mol. The van der Waals surface area contributed by atoms with Gasteiger partial charge >= 0.3 is 10.3 Å². The van der Waals surface area contributed by atoms with E-state index in [1.807, 2.05) is 6.07 Å². The highest BCUT2D eigenvalue weighted by Crippen LogP contribution is 2.32. The number of aromatic nitrogens is 2. The molecule has 11 nitrogen and oxygen atoms in total. The maximum absolute atomic E-state index is 13.2. The number of aliphatic hydroxyl groups is 2. The normalized spacial score (nSPS) is 22.0. The van der Waals surface area contributed by atoms with Crippen LogP contribution in [-0.2, 0) is 20.1 Å². The summed E-state index contributed by atoms with van der Waals surface area (Å²) >= 11 is 0. The maximum Gasteiger partial charge on any atom is 0.333 e. The summed E-state index contributed by atoms with van der Waals surface area (Å²) in [6.45, 7) is 1.37. The Morgan fingerprint density at radius 2 is 2.03 bits per heavy atom. The summed E-state index contributed by atoms with van der Waals surface area (Å²) in [6.07, 6.45) is 3.81. The zero-order valence-corrected chi connectivity index (χ0v) is 19.7. The Bertz CT molecular complexity index is 1290. The van der Waals surface area contributed by atoms with Gasteiger partial charge in [-0.25, -0.2) is 15.1 Å². The van der Waals surface area contributed by atoms with Gasteiger partial charge in [-0.05, 0) is 31.4 Å². The molecular weight excluding hydrogens is 476 g/mol. The van der Waals surface area contributed by atoms with Gasteiger partial charge in [0, 0.05) is 23.7 Å². The third-order valence-corrected chi connectivity index (χ3v) is 6.59. The number of aliphatic hydroxyl groups excluding tert-OH is 1. The SMILES string of the molecule is C[C@](O)(c1ccccc1)c1coc(C(=O)c2cncnc2N[C@@H]2C[C@H](COS(N)(=O)=O)[C@@H](O)C2)c1. The quantitative estimate of drug-likeness (QED) is 0.312. The fraction of sp³-hybridized carbons (Fsp3) is 0.348. The number of benzene rings is 1. The molecule has 0 bridgehead atoms. The van der Waals surface area contributed by atoms with E-state index < -0.39 is 33.7 Å². The first kappa shape index (κ1) is 24.9. The van der Waals surface area contributed by atoms with Crippen molar-refractivity contribution in [2.45, 2.75) is 37.5 Å². The van der Waals surface area contributed by atoms with E-state index in [-0.39, 0.29) is 29.8 Å². The van der Waals surface area contributed by atoms with Crippen LogP contribution in [0.15, 0.2) is 59.6 Å². The molecule has 35 heavy (non-hydrogen) atoms. The summed E-state index contributed by atoms with van der Waals surface area (Å²) in [7, 11) is -4.11. The average Bonchev–Trinajstić information content (AvgIpc) is 3.45. The van der Waals surface area contributed by atoms with Crippen LogP contribution in [0.1, 0.15) is 47.0 Å². The zero-order chi connectivity index (χ0) is 25.2. The Balaban J connectivity index is 1.50. The van der Waals surface area contributed by atoms with Gasteiger partial charge in [0.1, 0.15) is 17.7 Å². The molecule has 0 unspecified atom stereocenters. The minimum absolute atomic E-state index is 0.0000540. The summed E-state index contributed by atoms with van der Waals surface area (Å²) in [5.74, 6) is -0.710. The zero-order valence-electron chi connectivity index (χ0n) is 18.9. The van der Waals surface area contributed by atoms with E-state index in [1.165, 1.54) is 24.9 Å². The minimum Gasteiger partial charge on any atom is -0.460 e. The average molecular weight is 503 g/mol. The second-order valence-electron chi connectivity index (χ2n) is 8.67. The molecule has 186 valence electrons. The van der Waals surface area contributed by atoms with Crippen molar-refractivity contribution in [3.05, 3.63) is 77.6 Å². The van der Waals surface area contributed by atoms with Crippen LogP contribution in [0.2, 0.25) is 0 Å². The maximum atomic E-state index is 13.2. The summed E-state index contributed by atoms with van der Waals surface area (Å²) < 4.78 is 32.2. The van der Waals surface area contributed by atoms with Crippen molar-refractivity contribution in [2.24, 2.45) is 11.1 Å². The molecule has 1 aromatic carbocycles. The number of furan rings is 1. The molecular formula is C23H26N4O7S. The van der Waals surface area contributed by atoms with Crippen LogP contribution < -0.4 is 10.5 Å². The third-order valence-electron chi connectivity index (χ3n) is 6.12. The summed E-state index contributed by atoms with van der Waals surface area (Å²) in [4.78, 5) is 21.3. The number of carbonyl (C=O) groups is 1. The highest BCUT2D eigenvalue weighted by molar-refractivity contribution is 7.84. The molecule has 1 saturated carbocycles. The van der Waals surface area contributed by atoms with Gasteiger partial charge in [-0.1, -0.05) is 30.3 Å². The molecule has 1 aliphatic carbocycles. The second-order valence-corrected chi connectivity index (χ2v) is 9.89. The van der Waals surface area contributed by atoms with Crippen molar-refractivity contribution < 1.29 is 32.0 Å². The van der Waals surface area contributed by atoms with Gasteiger partial charge in [0.2, 0.25) is 5.78 Å². The van der Waals surface area contributed by atoms with Gasteiger partial charge in [0.25, 0.3) is 0 Å². The molecule has 0 radical (unpaired) electrons. The Morgan fingerprint density at radius 1 is 1.29 bits per heavy atom. The number of hydrogen-bond donors (Lipinski definition) is 4. The van der Waals surface area contributed by atoms with Crippen molar-refractivity contribution in [3.8, 4) is 0 Å². The number of nitrogens with one attached hydrogen (secondary N) is 1. The van der Waals surface area contributed by atoms with E-state index in [4.69, 9.17) is 9.56 Å². The lowest BCUT2D eigenvalue weighted by Gasteiger charge is -2.22. The van der Waals surface area contributed by atoms with Gasteiger partial charge in [-0.3, -0.25) is 8.98 Å². The third kappa shape index (κ3) is 5.74. The largest absolute Gasteiger partial charge is 0.460 e. The fourth-order valence-corrected chi connectivity index (χ4v) is 4.52. The minimum atomic E-state index is -4.11. The van der Waals surface area contributed by atoms with E-state index in [0.717, 1.165) is 0 Å². The molecule has 4 rings (SSSR count). The molecule has 0 amide bonds. The Hall–Kier alpha value is -3.16. The van der Waals surface area contributed by atoms with Gasteiger partial charge in [0.15, 0.2) is 5.76 Å². The Morgan fingerprint density at radius 3 is 2.74 bits per heavy atom. The van der Waals surface area contributed by atoms with Crippen molar-refractivity contribution >= 4 is 21.9 Å². The number of nitrogens with zero attached hydrogens (tertiary/aromatic N) is 2. The van der Waals surface area contributed by atoms with Gasteiger partial charge in [0.05, 0.1) is 24.5 Å². The molecule has 5 N–H and O–H groups in total. The molecule has 3 aromatic rings. The molecule has 4 atom stereocenters. The van der Waals surface area contributed by atoms with E-state index in [0.29, 0.717) is 24.0 Å². The van der Waals surface area contributed by atoms with Gasteiger partial charge in [-0.2, -0.15) is 8.42 Å². The first-order valence-electron chi connectivity index (χ1n) is 10.9. The molecule has 1 fully saturated rings. The summed E-state index contributed by atoms with van der Waals surface area (Å²) in [5.41, 5.74) is -0.168. The van der Waals surface area contributed by atoms with Gasteiger partial charge < -0.3 is 19.9 Å². The number of carbonyl (C=O) groups excluding carboxylic acids is 1. The van der Waals surface area contributed by atoms with E-state index >= 15 is 0 Å². The van der Waals surface area contributed by atoms with Crippen molar-refractivity contribution in [3.63, 3.8) is 0 Å². The number of nitrogens with two attached hydrogens (primary N) is 1. The molecule has 0 aliphatic heterocycles. The van der Waals surface area contributed by atoms with Crippen LogP contribution in [-0.4, -0.2) is 53.1 Å². The monoisotopic (exact) mass is 502 g/mol. The van der Waals surface area contributed by atoms with Crippen LogP contribution in [0.4, 0.5) is 5.82 Å². The molecule has 1 aliphatic rings. The van der Waals surface area contributed by atoms with Crippen LogP contribution in [0.25, 0.3) is 0 Å². The highest BCUT2D eigenvalue weighted by atomic mass is 32.2. The molecule has 2 aromatic heterocycles. The lowest BCUT2D eigenvalue weighted by Crippen LogP contribution is -2.24. The van der Waals surface area contributed by atoms with Crippen LogP contribution in [0.3, 0.4) is 0 Å². The first-order chi connectivity index (χ1) is 16.5. The van der Waals surface area contributed by atoms with E-state index in [9.17, 15) is 23.4 Å². The molecule has 0 saturated heterocycles. The van der Waals surface area contributed by atoms with Crippen molar-refractivity contribution in [1.29, 1.82) is 0 Å². The van der Waals surface area contributed by atoms with Gasteiger partial charge in [-0.15, -0.1) is 0 Å². The summed E-state index contributed by atoms with van der Waals surface area (Å²) in [5, 5.41) is 29.3. The van der Waals surface area contributed by atoms with Crippen LogP contribution in [0, 0.1) is 5.92 Å². The van der Waals surface area contributed by atoms with E-state index in [2.05, 4.69) is 19.5 Å². The number of hydrogen-bond acceptors (Lipinski definition) is 10. The van der Waals surface area contributed by atoms with Crippen molar-refractivity contribution in [1.82, 2.24) is 9.97 Å². The topological polar surface area (TPSA) is 178 Å². The highest BCUT2D eigenvalue weighted by Gasteiger charge is 2.35. The molecule has 0 spiro atoms. The van der Waals surface area contributed by atoms with E-state index in [1.54, 1.807) is 31.2 Å². The standard InChI is InChI=1S/C23H26N4O7S/c1-23(30,15-5-3-2-4-6-15)16-8-20(33-12-16)21(29)18-10-25-13-26-22(18)27-17-7-14(19(28)9-17)11-34-35(24,31)32/h2-6,8,10,12-14,17,19,28,30H,7,9,11H2,1H3,(H2,24,31,32)(H,25,26,27)/t14-,17-,19+,23+/m1/s1. The Kier molecular flexibility index (Phi) is 7.01. The van der Waals surface area contributed by atoms with Crippen LogP contribution in [0.5, 0.6) is 0 Å². The lowest BCUT2D eigenvalue weighted by atomic mass is 9.90. The molecule has 2 heterocycles. The molecule has 12 heteroatoms. The van der Waals surface area contributed by atoms with Crippen molar-refractivity contribution in [2.75, 3.05) is 11.9 Å². The fourth-order valence-electron chi connectivity index (χ4n) is 4.16. The number of rotatable bonds is 9. The number of anilines is 1. The Labute approximate surface area is 202 Å².